The highest BCUT2D eigenvalue weighted by Crippen LogP contribution is 2.27. The fourth-order valence-electron chi connectivity index (χ4n) is 1.85. The van der Waals surface area contributed by atoms with E-state index in [0.717, 1.165) is 5.25 Å². The zero-order valence-corrected chi connectivity index (χ0v) is 8.72. The first-order valence-corrected chi connectivity index (χ1v) is 6.15. The minimum Gasteiger partial charge on any atom is -0.158 e. The Morgan fingerprint density at radius 2 is 2.00 bits per heavy atom. The summed E-state index contributed by atoms with van der Waals surface area (Å²) in [6, 6.07) is 10.9. The van der Waals surface area contributed by atoms with Gasteiger partial charge >= 0.3 is 0 Å². The second-order valence-corrected chi connectivity index (χ2v) is 5.09. The van der Waals surface area contributed by atoms with Crippen LogP contribution in [0.15, 0.2) is 30.3 Å². The molecule has 1 unspecified atom stereocenters. The van der Waals surface area contributed by atoms with Gasteiger partial charge in [0.2, 0.25) is 0 Å². The lowest BCUT2D eigenvalue weighted by Crippen LogP contribution is -2.12. The Morgan fingerprint density at radius 1 is 1.15 bits per heavy atom. The van der Waals surface area contributed by atoms with E-state index in [0.29, 0.717) is 0 Å². The maximum atomic E-state index is 2.25. The van der Waals surface area contributed by atoms with Gasteiger partial charge in [-0.3, -0.25) is 0 Å². The SMILES string of the molecule is c1ccc(CC2CCCCS2)cc1. The molecular formula is C12H16S. The van der Waals surface area contributed by atoms with Crippen molar-refractivity contribution >= 4 is 11.8 Å². The lowest BCUT2D eigenvalue weighted by atomic mass is 10.1. The topological polar surface area (TPSA) is 0 Å². The molecule has 1 fully saturated rings. The van der Waals surface area contributed by atoms with Crippen LogP contribution in [0.2, 0.25) is 0 Å². The van der Waals surface area contributed by atoms with Crippen LogP contribution in [0.3, 0.4) is 0 Å². The Kier molecular flexibility index (Phi) is 3.31. The number of benzene rings is 1. The third-order valence-corrected chi connectivity index (χ3v) is 3.98. The van der Waals surface area contributed by atoms with Crippen molar-refractivity contribution in [3.8, 4) is 0 Å². The van der Waals surface area contributed by atoms with E-state index in [1.54, 1.807) is 0 Å². The first kappa shape index (κ1) is 9.14. The van der Waals surface area contributed by atoms with Crippen LogP contribution in [0.4, 0.5) is 0 Å². The fraction of sp³-hybridized carbons (Fsp3) is 0.500. The van der Waals surface area contributed by atoms with Crippen molar-refractivity contribution in [1.82, 2.24) is 0 Å². The Balaban J connectivity index is 1.90. The van der Waals surface area contributed by atoms with Crippen LogP contribution in [0.1, 0.15) is 24.8 Å². The van der Waals surface area contributed by atoms with Crippen molar-refractivity contribution in [2.45, 2.75) is 30.9 Å². The third kappa shape index (κ3) is 2.77. The molecule has 0 N–H and O–H groups in total. The van der Waals surface area contributed by atoms with Gasteiger partial charge in [0, 0.05) is 5.25 Å². The summed E-state index contributed by atoms with van der Waals surface area (Å²) in [5.74, 6) is 1.37. The van der Waals surface area contributed by atoms with Gasteiger partial charge in [-0.1, -0.05) is 36.8 Å². The summed E-state index contributed by atoms with van der Waals surface area (Å²) in [6.45, 7) is 0. The van der Waals surface area contributed by atoms with Gasteiger partial charge in [-0.15, -0.1) is 0 Å². The Bertz CT molecular complexity index is 237. The number of rotatable bonds is 2. The van der Waals surface area contributed by atoms with Gasteiger partial charge in [0.25, 0.3) is 0 Å². The fourth-order valence-corrected chi connectivity index (χ4v) is 3.19. The Hall–Kier alpha value is -0.430. The zero-order chi connectivity index (χ0) is 8.93. The molecule has 70 valence electrons. The van der Waals surface area contributed by atoms with Crippen LogP contribution in [0.5, 0.6) is 0 Å². The van der Waals surface area contributed by atoms with Gasteiger partial charge in [0.1, 0.15) is 0 Å². The molecule has 2 rings (SSSR count). The monoisotopic (exact) mass is 192 g/mol. The molecule has 0 saturated carbocycles. The molecule has 1 heteroatoms. The van der Waals surface area contributed by atoms with Crippen LogP contribution >= 0.6 is 11.8 Å². The van der Waals surface area contributed by atoms with Crippen LogP contribution in [-0.4, -0.2) is 11.0 Å². The van der Waals surface area contributed by atoms with E-state index in [-0.39, 0.29) is 0 Å². The molecule has 13 heavy (non-hydrogen) atoms. The first-order chi connectivity index (χ1) is 6.45. The molecule has 1 saturated heterocycles. The van der Waals surface area contributed by atoms with E-state index in [1.807, 2.05) is 0 Å². The molecule has 1 aliphatic rings. The molecule has 0 bridgehead atoms. The van der Waals surface area contributed by atoms with E-state index >= 15 is 0 Å². The highest BCUT2D eigenvalue weighted by Gasteiger charge is 2.13. The van der Waals surface area contributed by atoms with E-state index in [4.69, 9.17) is 0 Å². The van der Waals surface area contributed by atoms with Crippen molar-refractivity contribution in [2.75, 3.05) is 5.75 Å². The Morgan fingerprint density at radius 3 is 2.69 bits per heavy atom. The van der Waals surface area contributed by atoms with Gasteiger partial charge in [-0.2, -0.15) is 11.8 Å². The Labute approximate surface area is 84.7 Å². The summed E-state index contributed by atoms with van der Waals surface area (Å²) in [5, 5.41) is 0.885. The maximum absolute atomic E-state index is 2.25. The molecular weight excluding hydrogens is 176 g/mol. The van der Waals surface area contributed by atoms with E-state index in [9.17, 15) is 0 Å². The molecule has 0 aliphatic carbocycles. The predicted molar refractivity (Wildman–Crippen MR) is 60.2 cm³/mol. The predicted octanol–water partition coefficient (Wildman–Crippen LogP) is 3.51. The summed E-state index contributed by atoms with van der Waals surface area (Å²) in [5.41, 5.74) is 1.50. The van der Waals surface area contributed by atoms with E-state index in [2.05, 4.69) is 42.1 Å². The highest BCUT2D eigenvalue weighted by molar-refractivity contribution is 7.99. The molecule has 1 aliphatic heterocycles. The van der Waals surface area contributed by atoms with Crippen molar-refractivity contribution < 1.29 is 0 Å². The van der Waals surface area contributed by atoms with Gasteiger partial charge in [0.15, 0.2) is 0 Å². The minimum atomic E-state index is 0.885. The van der Waals surface area contributed by atoms with E-state index < -0.39 is 0 Å². The molecule has 0 aromatic heterocycles. The van der Waals surface area contributed by atoms with Gasteiger partial charge < -0.3 is 0 Å². The van der Waals surface area contributed by atoms with Crippen LogP contribution < -0.4 is 0 Å². The molecule has 1 aromatic rings. The second-order valence-electron chi connectivity index (χ2n) is 3.68. The third-order valence-electron chi connectivity index (χ3n) is 2.58. The summed E-state index contributed by atoms with van der Waals surface area (Å²) in [7, 11) is 0. The molecule has 0 nitrogen and oxygen atoms in total. The van der Waals surface area contributed by atoms with Gasteiger partial charge in [-0.25, -0.2) is 0 Å². The molecule has 1 heterocycles. The summed E-state index contributed by atoms with van der Waals surface area (Å²) < 4.78 is 0. The molecule has 0 radical (unpaired) electrons. The average Bonchev–Trinajstić information content (AvgIpc) is 2.21. The van der Waals surface area contributed by atoms with Crippen LogP contribution in [-0.2, 0) is 6.42 Å². The van der Waals surface area contributed by atoms with E-state index in [1.165, 1.54) is 37.0 Å². The highest BCUT2D eigenvalue weighted by atomic mass is 32.2. The minimum absolute atomic E-state index is 0.885. The molecule has 0 spiro atoms. The molecule has 1 aromatic carbocycles. The zero-order valence-electron chi connectivity index (χ0n) is 7.91. The number of hydrogen-bond acceptors (Lipinski definition) is 1. The van der Waals surface area contributed by atoms with Crippen LogP contribution in [0, 0.1) is 0 Å². The average molecular weight is 192 g/mol. The molecule has 1 atom stereocenters. The van der Waals surface area contributed by atoms with Gasteiger partial charge in [0.05, 0.1) is 0 Å². The number of thioether (sulfide) groups is 1. The maximum Gasteiger partial charge on any atom is 0.00874 e. The smallest absolute Gasteiger partial charge is 0.00874 e. The summed E-state index contributed by atoms with van der Waals surface area (Å²) in [4.78, 5) is 0. The first-order valence-electron chi connectivity index (χ1n) is 5.11. The van der Waals surface area contributed by atoms with Crippen molar-refractivity contribution in [1.29, 1.82) is 0 Å². The quantitative estimate of drug-likeness (QED) is 0.691. The van der Waals surface area contributed by atoms with Crippen LogP contribution in [0.25, 0.3) is 0 Å². The normalized spacial score (nSPS) is 22.9. The standard InChI is InChI=1S/C12H16S/c1-2-6-11(7-3-1)10-12-8-4-5-9-13-12/h1-3,6-7,12H,4-5,8-10H2. The van der Waals surface area contributed by atoms with Crippen molar-refractivity contribution in [2.24, 2.45) is 0 Å². The van der Waals surface area contributed by atoms with Crippen molar-refractivity contribution in [3.05, 3.63) is 35.9 Å². The van der Waals surface area contributed by atoms with Crippen molar-refractivity contribution in [3.63, 3.8) is 0 Å². The summed E-state index contributed by atoms with van der Waals surface area (Å²) >= 11 is 2.16. The second kappa shape index (κ2) is 4.71. The molecule has 0 amide bonds. The van der Waals surface area contributed by atoms with Gasteiger partial charge in [-0.05, 0) is 30.6 Å². The largest absolute Gasteiger partial charge is 0.158 e. The number of hydrogen-bond donors (Lipinski definition) is 0. The summed E-state index contributed by atoms with van der Waals surface area (Å²) in [6.07, 6.45) is 5.55. The lowest BCUT2D eigenvalue weighted by molar-refractivity contribution is 0.661. The lowest BCUT2D eigenvalue weighted by Gasteiger charge is -2.20.